The number of hydrogen-bond donors (Lipinski definition) is 1. The molecule has 3 rings (SSSR count). The van der Waals surface area contributed by atoms with Gasteiger partial charge in [0.15, 0.2) is 0 Å². The minimum absolute atomic E-state index is 0.556. The van der Waals surface area contributed by atoms with E-state index in [1.807, 2.05) is 0 Å². The zero-order valence-corrected chi connectivity index (χ0v) is 12.3. The molecule has 0 aromatic heterocycles. The van der Waals surface area contributed by atoms with Crippen LogP contribution in [0.4, 0.5) is 0 Å². The van der Waals surface area contributed by atoms with Gasteiger partial charge in [0.25, 0.3) is 0 Å². The van der Waals surface area contributed by atoms with Crippen molar-refractivity contribution in [3.05, 3.63) is 0 Å². The van der Waals surface area contributed by atoms with Gasteiger partial charge in [0.1, 0.15) is 0 Å². The zero-order valence-electron chi connectivity index (χ0n) is 12.3. The lowest BCUT2D eigenvalue weighted by Crippen LogP contribution is -2.49. The first kappa shape index (κ1) is 13.8. The molecule has 2 unspecified atom stereocenters. The summed E-state index contributed by atoms with van der Waals surface area (Å²) in [6, 6.07) is 1.56. The first-order valence-electron chi connectivity index (χ1n) is 8.52. The Kier molecular flexibility index (Phi) is 5.14. The van der Waals surface area contributed by atoms with E-state index in [9.17, 15) is 0 Å². The van der Waals surface area contributed by atoms with E-state index < -0.39 is 0 Å². The Hall–Kier alpha value is -0.120. The van der Waals surface area contributed by atoms with Crippen molar-refractivity contribution in [2.24, 2.45) is 0 Å². The first-order chi connectivity index (χ1) is 9.43. The second kappa shape index (κ2) is 7.05. The summed E-state index contributed by atoms with van der Waals surface area (Å²) >= 11 is 0. The maximum Gasteiger partial charge on any atom is 0.0730 e. The van der Waals surface area contributed by atoms with E-state index in [0.717, 1.165) is 25.2 Å². The highest BCUT2D eigenvalue weighted by atomic mass is 16.5. The Morgan fingerprint density at radius 2 is 1.89 bits per heavy atom. The summed E-state index contributed by atoms with van der Waals surface area (Å²) < 4.78 is 5.88. The third-order valence-electron chi connectivity index (χ3n) is 5.26. The normalized spacial score (nSPS) is 33.5. The zero-order chi connectivity index (χ0) is 12.9. The van der Waals surface area contributed by atoms with Gasteiger partial charge in [-0.3, -0.25) is 4.90 Å². The van der Waals surface area contributed by atoms with E-state index in [0.29, 0.717) is 6.10 Å². The molecule has 110 valence electrons. The Balaban J connectivity index is 1.33. The fourth-order valence-electron chi connectivity index (χ4n) is 4.18. The second-order valence-electron chi connectivity index (χ2n) is 6.59. The van der Waals surface area contributed by atoms with Gasteiger partial charge < -0.3 is 10.1 Å². The van der Waals surface area contributed by atoms with E-state index in [4.69, 9.17) is 4.74 Å². The Labute approximate surface area is 118 Å². The summed E-state index contributed by atoms with van der Waals surface area (Å²) in [6.45, 7) is 4.59. The van der Waals surface area contributed by atoms with Crippen LogP contribution in [-0.2, 0) is 4.74 Å². The highest BCUT2D eigenvalue weighted by Gasteiger charge is 2.35. The van der Waals surface area contributed by atoms with Crippen molar-refractivity contribution in [3.8, 4) is 0 Å². The summed E-state index contributed by atoms with van der Waals surface area (Å²) in [4.78, 5) is 2.70. The number of nitrogens with zero attached hydrogens (tertiary/aromatic N) is 1. The van der Waals surface area contributed by atoms with Crippen molar-refractivity contribution in [2.45, 2.75) is 76.0 Å². The molecule has 0 radical (unpaired) electrons. The van der Waals surface area contributed by atoms with Gasteiger partial charge in [0.2, 0.25) is 0 Å². The smallest absolute Gasteiger partial charge is 0.0730 e. The summed E-state index contributed by atoms with van der Waals surface area (Å²) in [5.74, 6) is 0. The van der Waals surface area contributed by atoms with Crippen LogP contribution < -0.4 is 5.32 Å². The molecule has 0 spiro atoms. The molecule has 1 N–H and O–H groups in total. The molecular formula is C16H30N2O. The molecular weight excluding hydrogens is 236 g/mol. The van der Waals surface area contributed by atoms with Gasteiger partial charge in [0, 0.05) is 18.6 Å². The summed E-state index contributed by atoms with van der Waals surface area (Å²) in [6.07, 6.45) is 13.0. The monoisotopic (exact) mass is 266 g/mol. The Morgan fingerprint density at radius 1 is 1.00 bits per heavy atom. The number of ether oxygens (including phenoxy) is 1. The predicted molar refractivity (Wildman–Crippen MR) is 78.4 cm³/mol. The molecule has 3 heteroatoms. The Bertz CT molecular complexity index is 265. The first-order valence-corrected chi connectivity index (χ1v) is 8.52. The molecule has 0 aromatic rings. The largest absolute Gasteiger partial charge is 0.375 e. The minimum atomic E-state index is 0.556. The molecule has 3 aliphatic rings. The van der Waals surface area contributed by atoms with E-state index in [1.54, 1.807) is 0 Å². The molecule has 2 saturated carbocycles. The van der Waals surface area contributed by atoms with Gasteiger partial charge in [-0.25, -0.2) is 0 Å². The van der Waals surface area contributed by atoms with Crippen LogP contribution in [0.5, 0.6) is 0 Å². The van der Waals surface area contributed by atoms with Crippen molar-refractivity contribution in [3.63, 3.8) is 0 Å². The van der Waals surface area contributed by atoms with Gasteiger partial charge in [-0.05, 0) is 51.6 Å². The third kappa shape index (κ3) is 3.71. The van der Waals surface area contributed by atoms with E-state index >= 15 is 0 Å². The second-order valence-corrected chi connectivity index (χ2v) is 6.59. The summed E-state index contributed by atoms with van der Waals surface area (Å²) in [5.41, 5.74) is 0. The van der Waals surface area contributed by atoms with Crippen molar-refractivity contribution >= 4 is 0 Å². The quantitative estimate of drug-likeness (QED) is 0.774. The number of nitrogens with one attached hydrogen (secondary N) is 1. The number of fused-ring (bicyclic) bond motifs is 1. The molecule has 3 fully saturated rings. The van der Waals surface area contributed by atoms with Gasteiger partial charge in [-0.2, -0.15) is 0 Å². The van der Waals surface area contributed by atoms with Crippen molar-refractivity contribution in [1.29, 1.82) is 0 Å². The molecule has 1 heterocycles. The molecule has 0 aromatic carbocycles. The highest BCUT2D eigenvalue weighted by Crippen LogP contribution is 2.29. The van der Waals surface area contributed by atoms with Crippen LogP contribution in [0.2, 0.25) is 0 Å². The molecule has 0 bridgehead atoms. The molecule has 2 aliphatic carbocycles. The molecule has 3 nitrogen and oxygen atoms in total. The van der Waals surface area contributed by atoms with Crippen LogP contribution in [0.25, 0.3) is 0 Å². The third-order valence-corrected chi connectivity index (χ3v) is 5.26. The maximum absolute atomic E-state index is 5.88. The predicted octanol–water partition coefficient (Wildman–Crippen LogP) is 2.55. The average Bonchev–Trinajstić information content (AvgIpc) is 2.94. The summed E-state index contributed by atoms with van der Waals surface area (Å²) in [5, 5.41) is 3.76. The maximum atomic E-state index is 5.88. The van der Waals surface area contributed by atoms with Crippen molar-refractivity contribution in [1.82, 2.24) is 10.2 Å². The highest BCUT2D eigenvalue weighted by molar-refractivity contribution is 4.89. The van der Waals surface area contributed by atoms with Crippen LogP contribution in [0.15, 0.2) is 0 Å². The SMILES string of the molecule is C1CCC(NCCCN2CCOC3CCCC32)CC1. The minimum Gasteiger partial charge on any atom is -0.375 e. The standard InChI is InChI=1S/C16H30N2O/c1-2-6-14(7-3-1)17-10-5-11-18-12-13-19-16-9-4-8-15(16)18/h14-17H,1-13H2. The average molecular weight is 266 g/mol. The molecule has 2 atom stereocenters. The molecule has 19 heavy (non-hydrogen) atoms. The van der Waals surface area contributed by atoms with E-state index in [-0.39, 0.29) is 0 Å². The van der Waals surface area contributed by atoms with Crippen LogP contribution >= 0.6 is 0 Å². The van der Waals surface area contributed by atoms with E-state index in [1.165, 1.54) is 70.9 Å². The van der Waals surface area contributed by atoms with Gasteiger partial charge in [0.05, 0.1) is 12.7 Å². The molecule has 1 saturated heterocycles. The number of morpholine rings is 1. The number of hydrogen-bond acceptors (Lipinski definition) is 3. The van der Waals surface area contributed by atoms with Crippen LogP contribution in [0, 0.1) is 0 Å². The van der Waals surface area contributed by atoms with Gasteiger partial charge >= 0.3 is 0 Å². The lowest BCUT2D eigenvalue weighted by molar-refractivity contribution is -0.0556. The summed E-state index contributed by atoms with van der Waals surface area (Å²) in [7, 11) is 0. The fourth-order valence-corrected chi connectivity index (χ4v) is 4.18. The Morgan fingerprint density at radius 3 is 2.79 bits per heavy atom. The number of rotatable bonds is 5. The molecule has 1 aliphatic heterocycles. The topological polar surface area (TPSA) is 24.5 Å². The van der Waals surface area contributed by atoms with Gasteiger partial charge in [-0.15, -0.1) is 0 Å². The molecule has 0 amide bonds. The lowest BCUT2D eigenvalue weighted by Gasteiger charge is -2.37. The van der Waals surface area contributed by atoms with E-state index in [2.05, 4.69) is 10.2 Å². The van der Waals surface area contributed by atoms with Crippen LogP contribution in [-0.4, -0.2) is 49.3 Å². The fraction of sp³-hybridized carbons (Fsp3) is 1.00. The van der Waals surface area contributed by atoms with Crippen molar-refractivity contribution in [2.75, 3.05) is 26.2 Å². The van der Waals surface area contributed by atoms with Crippen molar-refractivity contribution < 1.29 is 4.74 Å². The van der Waals surface area contributed by atoms with Crippen LogP contribution in [0.1, 0.15) is 57.8 Å². The van der Waals surface area contributed by atoms with Gasteiger partial charge in [-0.1, -0.05) is 19.3 Å². The lowest BCUT2D eigenvalue weighted by atomic mass is 9.95. The van der Waals surface area contributed by atoms with Crippen LogP contribution in [0.3, 0.4) is 0 Å².